The van der Waals surface area contributed by atoms with Crippen molar-refractivity contribution in [3.63, 3.8) is 0 Å². The first-order chi connectivity index (χ1) is 13.1. The van der Waals surface area contributed by atoms with E-state index in [0.29, 0.717) is 17.0 Å². The lowest BCUT2D eigenvalue weighted by atomic mass is 9.99. The molecule has 0 atom stereocenters. The SMILES string of the molecule is C=NN(/N=C(\C)c1ccccn1)c1cccc(-c2ccccc2C(=O)O)c1. The van der Waals surface area contributed by atoms with Crippen LogP contribution < -0.4 is 5.12 Å². The van der Waals surface area contributed by atoms with E-state index < -0.39 is 5.97 Å². The van der Waals surface area contributed by atoms with Crippen molar-refractivity contribution in [2.45, 2.75) is 6.92 Å². The fraction of sp³-hybridized carbons (Fsp3) is 0.0476. The van der Waals surface area contributed by atoms with Crippen molar-refractivity contribution in [1.29, 1.82) is 0 Å². The zero-order valence-electron chi connectivity index (χ0n) is 14.8. The second-order valence-corrected chi connectivity index (χ2v) is 5.73. The predicted molar refractivity (Wildman–Crippen MR) is 107 cm³/mol. The topological polar surface area (TPSA) is 78.2 Å². The molecule has 0 saturated heterocycles. The second-order valence-electron chi connectivity index (χ2n) is 5.73. The molecule has 0 spiro atoms. The van der Waals surface area contributed by atoms with Gasteiger partial charge < -0.3 is 5.11 Å². The minimum atomic E-state index is -0.973. The number of carbonyl (C=O) groups is 1. The number of carboxylic acid groups (broad SMARTS) is 1. The van der Waals surface area contributed by atoms with Crippen molar-refractivity contribution in [1.82, 2.24) is 4.98 Å². The van der Waals surface area contributed by atoms with Crippen molar-refractivity contribution in [3.05, 3.63) is 84.2 Å². The molecule has 0 aliphatic heterocycles. The molecule has 27 heavy (non-hydrogen) atoms. The van der Waals surface area contributed by atoms with Gasteiger partial charge >= 0.3 is 5.97 Å². The number of benzene rings is 2. The van der Waals surface area contributed by atoms with Gasteiger partial charge in [-0.2, -0.15) is 15.3 Å². The van der Waals surface area contributed by atoms with Gasteiger partial charge in [-0.05, 0) is 48.4 Å². The number of hydrogen-bond acceptors (Lipinski definition) is 5. The molecule has 0 unspecified atom stereocenters. The van der Waals surface area contributed by atoms with Crippen LogP contribution in [0.25, 0.3) is 11.1 Å². The number of aromatic carboxylic acids is 1. The zero-order chi connectivity index (χ0) is 19.2. The van der Waals surface area contributed by atoms with E-state index in [2.05, 4.69) is 21.9 Å². The molecular formula is C21H18N4O2. The van der Waals surface area contributed by atoms with Crippen molar-refractivity contribution >= 4 is 24.1 Å². The van der Waals surface area contributed by atoms with Crippen LogP contribution in [0.5, 0.6) is 0 Å². The summed E-state index contributed by atoms with van der Waals surface area (Å²) >= 11 is 0. The highest BCUT2D eigenvalue weighted by molar-refractivity contribution is 5.98. The lowest BCUT2D eigenvalue weighted by molar-refractivity contribution is 0.0697. The molecule has 0 aliphatic carbocycles. The van der Waals surface area contributed by atoms with Gasteiger partial charge in [0, 0.05) is 12.9 Å². The first-order valence-electron chi connectivity index (χ1n) is 8.26. The van der Waals surface area contributed by atoms with Crippen LogP contribution in [0.15, 0.2) is 83.1 Å². The van der Waals surface area contributed by atoms with E-state index in [9.17, 15) is 9.90 Å². The highest BCUT2D eigenvalue weighted by atomic mass is 16.4. The molecule has 1 heterocycles. The Morgan fingerprint density at radius 2 is 1.85 bits per heavy atom. The Hall–Kier alpha value is -3.80. The van der Waals surface area contributed by atoms with Gasteiger partial charge in [0.25, 0.3) is 0 Å². The number of anilines is 1. The Labute approximate surface area is 157 Å². The maximum Gasteiger partial charge on any atom is 0.336 e. The summed E-state index contributed by atoms with van der Waals surface area (Å²) in [4.78, 5) is 15.8. The Morgan fingerprint density at radius 1 is 1.07 bits per heavy atom. The monoisotopic (exact) mass is 358 g/mol. The van der Waals surface area contributed by atoms with Gasteiger partial charge in [0.15, 0.2) is 0 Å². The smallest absolute Gasteiger partial charge is 0.336 e. The molecule has 0 bridgehead atoms. The average molecular weight is 358 g/mol. The Balaban J connectivity index is 1.99. The molecule has 0 radical (unpaired) electrons. The third-order valence-electron chi connectivity index (χ3n) is 3.96. The van der Waals surface area contributed by atoms with Crippen molar-refractivity contribution in [2.24, 2.45) is 10.2 Å². The number of pyridine rings is 1. The quantitative estimate of drug-likeness (QED) is 0.526. The van der Waals surface area contributed by atoms with Gasteiger partial charge in [0.05, 0.1) is 22.7 Å². The molecule has 6 heteroatoms. The maximum absolute atomic E-state index is 11.5. The standard InChI is InChI=1S/C21H18N4O2/c1-15(20-12-5-6-13-23-20)24-25(22-2)17-9-7-8-16(14-17)18-10-3-4-11-19(18)21(26)27/h3-14H,2H2,1H3,(H,26,27)/b24-15+. The van der Waals surface area contributed by atoms with E-state index in [1.807, 2.05) is 49.4 Å². The molecule has 3 aromatic rings. The van der Waals surface area contributed by atoms with E-state index in [4.69, 9.17) is 0 Å². The minimum Gasteiger partial charge on any atom is -0.478 e. The van der Waals surface area contributed by atoms with Crippen LogP contribution in [0.1, 0.15) is 23.0 Å². The molecule has 1 N–H and O–H groups in total. The van der Waals surface area contributed by atoms with Gasteiger partial charge in [-0.25, -0.2) is 4.79 Å². The minimum absolute atomic E-state index is 0.237. The summed E-state index contributed by atoms with van der Waals surface area (Å²) in [5, 5.41) is 19.3. The van der Waals surface area contributed by atoms with E-state index in [0.717, 1.165) is 11.3 Å². The van der Waals surface area contributed by atoms with Gasteiger partial charge in [-0.15, -0.1) is 0 Å². The number of rotatable bonds is 6. The molecule has 0 fully saturated rings. The number of hydrogen-bond donors (Lipinski definition) is 1. The summed E-state index contributed by atoms with van der Waals surface area (Å²) in [6.45, 7) is 5.42. The van der Waals surface area contributed by atoms with Gasteiger partial charge in [0.1, 0.15) is 0 Å². The number of hydrazone groups is 2. The fourth-order valence-electron chi connectivity index (χ4n) is 2.66. The largest absolute Gasteiger partial charge is 0.478 e. The van der Waals surface area contributed by atoms with Crippen LogP contribution in [0.2, 0.25) is 0 Å². The Kier molecular flexibility index (Phi) is 5.37. The van der Waals surface area contributed by atoms with Crippen LogP contribution >= 0.6 is 0 Å². The highest BCUT2D eigenvalue weighted by Crippen LogP contribution is 2.28. The Morgan fingerprint density at radius 3 is 2.56 bits per heavy atom. The summed E-state index contributed by atoms with van der Waals surface area (Å²) < 4.78 is 0. The van der Waals surface area contributed by atoms with Crippen LogP contribution in [0.4, 0.5) is 5.69 Å². The van der Waals surface area contributed by atoms with Crippen LogP contribution in [0, 0.1) is 0 Å². The van der Waals surface area contributed by atoms with E-state index in [1.165, 1.54) is 5.12 Å². The molecule has 1 aromatic heterocycles. The van der Waals surface area contributed by atoms with Crippen LogP contribution in [-0.2, 0) is 0 Å². The van der Waals surface area contributed by atoms with Gasteiger partial charge in [0.2, 0.25) is 0 Å². The number of aromatic nitrogens is 1. The number of nitrogens with zero attached hydrogens (tertiary/aromatic N) is 4. The second kappa shape index (κ2) is 8.05. The molecule has 134 valence electrons. The summed E-state index contributed by atoms with van der Waals surface area (Å²) in [5.41, 5.74) is 3.70. The lowest BCUT2D eigenvalue weighted by Crippen LogP contribution is -2.12. The predicted octanol–water partition coefficient (Wildman–Crippen LogP) is 4.29. The summed E-state index contributed by atoms with van der Waals surface area (Å²) in [5.74, 6) is -0.973. The average Bonchev–Trinajstić information content (AvgIpc) is 2.72. The molecule has 2 aromatic carbocycles. The molecule has 6 nitrogen and oxygen atoms in total. The molecule has 0 saturated carbocycles. The zero-order valence-corrected chi connectivity index (χ0v) is 14.8. The third kappa shape index (κ3) is 4.07. The summed E-state index contributed by atoms with van der Waals surface area (Å²) in [7, 11) is 0. The van der Waals surface area contributed by atoms with Crippen LogP contribution in [-0.4, -0.2) is 28.5 Å². The molecule has 3 rings (SSSR count). The fourth-order valence-corrected chi connectivity index (χ4v) is 2.66. The Bertz CT molecular complexity index is 1000. The summed E-state index contributed by atoms with van der Waals surface area (Å²) in [6, 6.07) is 19.8. The van der Waals surface area contributed by atoms with E-state index in [-0.39, 0.29) is 5.56 Å². The van der Waals surface area contributed by atoms with Crippen LogP contribution in [0.3, 0.4) is 0 Å². The first kappa shape index (κ1) is 18.0. The first-order valence-corrected chi connectivity index (χ1v) is 8.26. The molecular weight excluding hydrogens is 340 g/mol. The highest BCUT2D eigenvalue weighted by Gasteiger charge is 2.13. The normalized spacial score (nSPS) is 11.1. The van der Waals surface area contributed by atoms with Crippen molar-refractivity contribution in [2.75, 3.05) is 5.12 Å². The van der Waals surface area contributed by atoms with Crippen molar-refractivity contribution < 1.29 is 9.90 Å². The summed E-state index contributed by atoms with van der Waals surface area (Å²) in [6.07, 6.45) is 1.70. The van der Waals surface area contributed by atoms with E-state index in [1.54, 1.807) is 30.5 Å². The molecule has 0 aliphatic rings. The van der Waals surface area contributed by atoms with Gasteiger partial charge in [-0.3, -0.25) is 4.98 Å². The van der Waals surface area contributed by atoms with Crippen molar-refractivity contribution in [3.8, 4) is 11.1 Å². The lowest BCUT2D eigenvalue weighted by Gasteiger charge is -2.15. The molecule has 0 amide bonds. The third-order valence-corrected chi connectivity index (χ3v) is 3.96. The maximum atomic E-state index is 11.5. The number of carboxylic acids is 1. The van der Waals surface area contributed by atoms with E-state index >= 15 is 0 Å². The van der Waals surface area contributed by atoms with Gasteiger partial charge in [-0.1, -0.05) is 36.4 Å².